The molecular weight excluding hydrogens is 457 g/mol. The molecule has 0 aliphatic carbocycles. The van der Waals surface area contributed by atoms with Crippen molar-refractivity contribution in [3.8, 4) is 0 Å². The monoisotopic (exact) mass is 474 g/mol. The van der Waals surface area contributed by atoms with Gasteiger partial charge in [-0.25, -0.2) is 4.98 Å². The normalized spacial score (nSPS) is 23.5. The maximum absolute atomic E-state index is 13.7. The highest BCUT2D eigenvalue weighted by Gasteiger charge is 2.63. The van der Waals surface area contributed by atoms with Crippen molar-refractivity contribution >= 4 is 35.3 Å². The molecule has 2 aliphatic rings. The molecule has 4 heterocycles. The fourth-order valence-electron chi connectivity index (χ4n) is 3.34. The summed E-state index contributed by atoms with van der Waals surface area (Å²) in [6, 6.07) is 2.85. The number of nitrogens with zero attached hydrogens (tertiary/aromatic N) is 5. The maximum atomic E-state index is 13.7. The molecule has 2 unspecified atom stereocenters. The number of amides is 1. The van der Waals surface area contributed by atoms with Crippen LogP contribution in [0.3, 0.4) is 0 Å². The first-order valence-corrected chi connectivity index (χ1v) is 10.3. The van der Waals surface area contributed by atoms with Crippen LogP contribution < -0.4 is 9.73 Å². The molecule has 0 aromatic carbocycles. The molecule has 0 spiro atoms. The Morgan fingerprint density at radius 3 is 2.77 bits per heavy atom. The zero-order valence-corrected chi connectivity index (χ0v) is 18.2. The Bertz CT molecular complexity index is 1060. The average Bonchev–Trinajstić information content (AvgIpc) is 3.35. The Hall–Kier alpha value is -2.28. The van der Waals surface area contributed by atoms with Gasteiger partial charge in [0.1, 0.15) is 17.2 Å². The van der Waals surface area contributed by atoms with E-state index in [1.165, 1.54) is 29.4 Å². The Kier molecular flexibility index (Phi) is 5.44. The molecule has 166 valence electrons. The Morgan fingerprint density at radius 1 is 1.42 bits per heavy atom. The number of anilines is 1. The van der Waals surface area contributed by atoms with Crippen molar-refractivity contribution in [2.75, 3.05) is 11.6 Å². The third kappa shape index (κ3) is 3.77. The van der Waals surface area contributed by atoms with Gasteiger partial charge in [-0.3, -0.25) is 19.2 Å². The predicted octanol–water partition coefficient (Wildman–Crippen LogP) is 3.44. The van der Waals surface area contributed by atoms with Crippen LogP contribution >= 0.6 is 23.5 Å². The summed E-state index contributed by atoms with van der Waals surface area (Å²) in [5, 5.41) is 6.36. The number of aryl methyl sites for hydroxylation is 2. The molecule has 1 N–H and O–H groups in total. The number of hydrogen-bond donors (Lipinski definition) is 1. The van der Waals surface area contributed by atoms with Crippen LogP contribution in [0.25, 0.3) is 0 Å². The highest BCUT2D eigenvalue weighted by molar-refractivity contribution is 7.98. The number of pyridine rings is 1. The van der Waals surface area contributed by atoms with E-state index in [0.717, 1.165) is 34.5 Å². The lowest BCUT2D eigenvalue weighted by Crippen LogP contribution is -2.60. The molecule has 2 aliphatic heterocycles. The maximum Gasteiger partial charge on any atom is 0.410 e. The number of hydrogen-bond acceptors (Lipinski definition) is 7. The van der Waals surface area contributed by atoms with Crippen molar-refractivity contribution in [2.24, 2.45) is 7.05 Å². The fourth-order valence-corrected chi connectivity index (χ4v) is 4.29. The summed E-state index contributed by atoms with van der Waals surface area (Å²) in [6.45, 7) is 2.36. The number of halogens is 4. The summed E-state index contributed by atoms with van der Waals surface area (Å²) in [5.41, 5.74) is -1.39. The number of ether oxygens (including phenoxy) is 1. The van der Waals surface area contributed by atoms with Gasteiger partial charge in [0.15, 0.2) is 5.54 Å². The molecule has 1 saturated heterocycles. The average molecular weight is 475 g/mol. The molecule has 0 radical (unpaired) electrons. The third-order valence-electron chi connectivity index (χ3n) is 5.05. The van der Waals surface area contributed by atoms with Gasteiger partial charge in [-0.05, 0) is 44.0 Å². The summed E-state index contributed by atoms with van der Waals surface area (Å²) in [7, 11) is 1.77. The van der Waals surface area contributed by atoms with Crippen molar-refractivity contribution in [1.29, 1.82) is 0 Å². The number of alkyl halides is 3. The van der Waals surface area contributed by atoms with E-state index in [0.29, 0.717) is 0 Å². The molecule has 2 aromatic rings. The van der Waals surface area contributed by atoms with E-state index in [1.54, 1.807) is 17.9 Å². The molecule has 2 atom stereocenters. The van der Waals surface area contributed by atoms with Gasteiger partial charge in [-0.1, -0.05) is 11.6 Å². The summed E-state index contributed by atoms with van der Waals surface area (Å²) in [4.78, 5) is 17.4. The van der Waals surface area contributed by atoms with Crippen molar-refractivity contribution in [2.45, 2.75) is 36.7 Å². The van der Waals surface area contributed by atoms with Crippen molar-refractivity contribution in [3.63, 3.8) is 0 Å². The lowest BCUT2D eigenvalue weighted by atomic mass is 10.0. The summed E-state index contributed by atoms with van der Waals surface area (Å²) >= 11 is 7.29. The molecule has 4 rings (SSSR count). The van der Waals surface area contributed by atoms with E-state index in [9.17, 15) is 18.0 Å². The van der Waals surface area contributed by atoms with Crippen molar-refractivity contribution < 1.29 is 22.7 Å². The van der Waals surface area contributed by atoms with Crippen LogP contribution in [0.15, 0.2) is 35.5 Å². The summed E-state index contributed by atoms with van der Waals surface area (Å²) in [5.74, 6) is -0.353. The Morgan fingerprint density at radius 2 is 2.16 bits per heavy atom. The predicted molar refractivity (Wildman–Crippen MR) is 108 cm³/mol. The van der Waals surface area contributed by atoms with Crippen LogP contribution in [0, 0.1) is 6.92 Å². The minimum atomic E-state index is -4.53. The van der Waals surface area contributed by atoms with E-state index >= 15 is 0 Å². The fraction of sp³-hybridized carbons (Fsp3) is 0.389. The van der Waals surface area contributed by atoms with E-state index in [2.05, 4.69) is 14.8 Å². The molecule has 2 aromatic heterocycles. The largest absolute Gasteiger partial charge is 0.410 e. The van der Waals surface area contributed by atoms with Gasteiger partial charge < -0.3 is 4.74 Å². The lowest BCUT2D eigenvalue weighted by molar-refractivity contribution is -0.215. The van der Waals surface area contributed by atoms with Gasteiger partial charge in [0.05, 0.1) is 22.8 Å². The molecule has 0 saturated carbocycles. The number of hydrazine groups is 1. The number of fused-ring (bicyclic) bond motifs is 1. The minimum Gasteiger partial charge on any atom is -0.355 e. The standard InChI is InChI=1S/C18H18ClF3N6O2S/c1-10-12(8-26(3)24-10)31-25-16(29)11-4-5-13(23-15(11)19)27-7-6-14-28(27)17(2,9-30-14)18(20,21)22/h4-8,14H,9H2,1-3H3,(H,25,29). The number of nitrogens with one attached hydrogen (secondary N) is 1. The van der Waals surface area contributed by atoms with Crippen LogP contribution in [0.2, 0.25) is 5.15 Å². The van der Waals surface area contributed by atoms with E-state index < -0.39 is 30.5 Å². The first kappa shape index (κ1) is 21.9. The van der Waals surface area contributed by atoms with E-state index in [1.807, 2.05) is 6.92 Å². The van der Waals surface area contributed by atoms with Crippen LogP contribution in [0.4, 0.5) is 19.0 Å². The zero-order valence-electron chi connectivity index (χ0n) is 16.6. The minimum absolute atomic E-state index is 0.0930. The number of aromatic nitrogens is 3. The van der Waals surface area contributed by atoms with Gasteiger partial charge in [0, 0.05) is 19.4 Å². The second-order valence-corrected chi connectivity index (χ2v) is 8.50. The molecule has 1 amide bonds. The van der Waals surface area contributed by atoms with E-state index in [-0.39, 0.29) is 16.5 Å². The first-order chi connectivity index (χ1) is 14.5. The van der Waals surface area contributed by atoms with Crippen LogP contribution in [-0.4, -0.2) is 50.2 Å². The molecule has 0 bridgehead atoms. The summed E-state index contributed by atoms with van der Waals surface area (Å²) in [6.07, 6.45) is -0.700. The topological polar surface area (TPSA) is 75.5 Å². The molecule has 8 nitrogen and oxygen atoms in total. The van der Waals surface area contributed by atoms with Gasteiger partial charge in [-0.15, -0.1) is 0 Å². The van der Waals surface area contributed by atoms with E-state index in [4.69, 9.17) is 16.3 Å². The van der Waals surface area contributed by atoms with Crippen LogP contribution in [0.5, 0.6) is 0 Å². The molecule has 31 heavy (non-hydrogen) atoms. The molecule has 1 fully saturated rings. The second kappa shape index (κ2) is 7.69. The third-order valence-corrected chi connectivity index (χ3v) is 6.25. The van der Waals surface area contributed by atoms with Crippen molar-refractivity contribution in [1.82, 2.24) is 24.5 Å². The highest BCUT2D eigenvalue weighted by atomic mass is 35.5. The first-order valence-electron chi connectivity index (χ1n) is 9.10. The highest BCUT2D eigenvalue weighted by Crippen LogP contribution is 2.45. The number of carbonyl (C=O) groups excluding carboxylic acids is 1. The zero-order chi connectivity index (χ0) is 22.6. The van der Waals surface area contributed by atoms with Crippen LogP contribution in [0.1, 0.15) is 23.0 Å². The molecule has 13 heteroatoms. The molecular formula is C18H18ClF3N6O2S. The Balaban J connectivity index is 1.53. The number of rotatable bonds is 4. The quantitative estimate of drug-likeness (QED) is 0.537. The van der Waals surface area contributed by atoms with Gasteiger partial charge in [0.25, 0.3) is 5.91 Å². The van der Waals surface area contributed by atoms with Gasteiger partial charge in [-0.2, -0.15) is 23.3 Å². The van der Waals surface area contributed by atoms with Crippen LogP contribution in [-0.2, 0) is 11.8 Å². The SMILES string of the molecule is Cc1nn(C)cc1SNC(=O)c1ccc(N2C=CC3OCC(C)(C(F)(F)F)N32)nc1Cl. The lowest BCUT2D eigenvalue weighted by Gasteiger charge is -2.39. The number of carbonyl (C=O) groups is 1. The van der Waals surface area contributed by atoms with Gasteiger partial charge in [0.2, 0.25) is 0 Å². The Labute approximate surface area is 185 Å². The second-order valence-electron chi connectivity index (χ2n) is 7.30. The van der Waals surface area contributed by atoms with Gasteiger partial charge >= 0.3 is 6.18 Å². The summed E-state index contributed by atoms with van der Waals surface area (Å²) < 4.78 is 50.7. The van der Waals surface area contributed by atoms with Crippen molar-refractivity contribution in [3.05, 3.63) is 47.0 Å². The smallest absolute Gasteiger partial charge is 0.355 e.